The number of likely N-dealkylation sites (tertiary alicyclic amines) is 1. The van der Waals surface area contributed by atoms with Gasteiger partial charge in [-0.25, -0.2) is 4.90 Å². The van der Waals surface area contributed by atoms with Crippen LogP contribution in [0, 0.1) is 0 Å². The molecule has 2 aliphatic heterocycles. The van der Waals surface area contributed by atoms with Gasteiger partial charge in [-0.1, -0.05) is 0 Å². The number of hydrogen-bond donors (Lipinski definition) is 2. The van der Waals surface area contributed by atoms with E-state index >= 15 is 0 Å². The van der Waals surface area contributed by atoms with E-state index in [1.807, 2.05) is 0 Å². The molecule has 0 aromatic rings. The van der Waals surface area contributed by atoms with Crippen molar-refractivity contribution in [3.63, 3.8) is 0 Å². The second-order valence-electron chi connectivity index (χ2n) is 9.48. The van der Waals surface area contributed by atoms with Crippen molar-refractivity contribution >= 4 is 67.4 Å². The summed E-state index contributed by atoms with van der Waals surface area (Å²) in [5.74, 6) is -7.33. The molecule has 2 fully saturated rings. The number of aliphatic carboxylic acids is 3. The summed E-state index contributed by atoms with van der Waals surface area (Å²) in [5, 5.41) is 45.6. The summed E-state index contributed by atoms with van der Waals surface area (Å²) in [6, 6.07) is -1.55. The molecule has 0 spiro atoms. The molecule has 0 saturated carbocycles. The Morgan fingerprint density at radius 3 is 1.27 bits per heavy atom. The molecule has 17 nitrogen and oxygen atoms in total. The number of carbonyl (C=O) groups is 7. The van der Waals surface area contributed by atoms with Gasteiger partial charge in [-0.2, -0.15) is 0 Å². The predicted octanol–water partition coefficient (Wildman–Crippen LogP) is -8.77. The van der Waals surface area contributed by atoms with Gasteiger partial charge in [0.1, 0.15) is 6.04 Å². The van der Waals surface area contributed by atoms with Crippen molar-refractivity contribution in [2.24, 2.45) is 0 Å². The third kappa shape index (κ3) is 12.8. The van der Waals surface area contributed by atoms with Gasteiger partial charge in [0.2, 0.25) is 17.7 Å². The minimum Gasteiger partial charge on any atom is -0.549 e. The van der Waals surface area contributed by atoms with E-state index in [0.717, 1.165) is 0 Å². The molecule has 41 heavy (non-hydrogen) atoms. The van der Waals surface area contributed by atoms with Crippen LogP contribution >= 0.6 is 0 Å². The molecule has 2 heterocycles. The van der Waals surface area contributed by atoms with Crippen molar-refractivity contribution in [2.45, 2.75) is 18.9 Å². The van der Waals surface area contributed by atoms with Crippen LogP contribution in [0.3, 0.4) is 0 Å². The Morgan fingerprint density at radius 1 is 0.659 bits per heavy atom. The number of hydrogen-bond acceptors (Lipinski definition) is 15. The van der Waals surface area contributed by atoms with Crippen LogP contribution in [0.25, 0.3) is 0 Å². The third-order valence-electron chi connectivity index (χ3n) is 6.44. The second-order valence-corrected chi connectivity index (χ2v) is 9.48. The van der Waals surface area contributed by atoms with Gasteiger partial charge >= 0.3 is 25.8 Å². The number of rotatable bonds is 11. The van der Waals surface area contributed by atoms with Crippen molar-refractivity contribution in [3.8, 4) is 0 Å². The molecular weight excluding hydrogens is 651 g/mol. The number of aliphatic hydroxyl groups is 1. The first-order valence-electron chi connectivity index (χ1n) is 12.7. The molecule has 18 heteroatoms. The maximum absolute atomic E-state index is 12.8. The first-order valence-corrected chi connectivity index (χ1v) is 12.7. The van der Waals surface area contributed by atoms with E-state index in [1.54, 1.807) is 4.90 Å². The molecule has 0 aromatic heterocycles. The van der Waals surface area contributed by atoms with Crippen molar-refractivity contribution in [3.05, 3.63) is 0 Å². The minimum absolute atomic E-state index is 0. The summed E-state index contributed by atoms with van der Waals surface area (Å²) >= 11 is 0. The Labute approximate surface area is 254 Å². The molecular formula is C23H33InN6O11. The number of amides is 4. The van der Waals surface area contributed by atoms with Gasteiger partial charge in [0.15, 0.2) is 0 Å². The largest absolute Gasteiger partial charge is 3.00 e. The van der Waals surface area contributed by atoms with Crippen LogP contribution < -0.4 is 20.6 Å². The van der Waals surface area contributed by atoms with Gasteiger partial charge in [-0.3, -0.25) is 38.8 Å². The summed E-state index contributed by atoms with van der Waals surface area (Å²) in [4.78, 5) is 89.2. The standard InChI is InChI=1S/C23H36N6O11.In/c30-15-16(23(40)29-18(32)1-2-19(29)33)24-17(31)11-25-3-5-26(12-20(34)35)7-9-28(14-22(38)39)10-8-27(6-4-25)13-21(36)37;/h16,30H,1-15H2,(H,24,31)(H,34,35)(H,36,37)(H,38,39);/q;+3/p-3. The van der Waals surface area contributed by atoms with Crippen LogP contribution in [0.5, 0.6) is 0 Å². The fourth-order valence-electron chi connectivity index (χ4n) is 4.37. The summed E-state index contributed by atoms with van der Waals surface area (Å²) in [7, 11) is 0. The first-order chi connectivity index (χ1) is 18.9. The van der Waals surface area contributed by atoms with Gasteiger partial charge in [-0.15, -0.1) is 0 Å². The van der Waals surface area contributed by atoms with Gasteiger partial charge in [0.05, 0.1) is 31.1 Å². The van der Waals surface area contributed by atoms with Crippen LogP contribution in [0.4, 0.5) is 0 Å². The third-order valence-corrected chi connectivity index (χ3v) is 6.44. The van der Waals surface area contributed by atoms with Crippen molar-refractivity contribution in [2.75, 3.05) is 85.1 Å². The van der Waals surface area contributed by atoms with E-state index in [2.05, 4.69) is 5.32 Å². The van der Waals surface area contributed by atoms with E-state index in [4.69, 9.17) is 0 Å². The van der Waals surface area contributed by atoms with Crippen LogP contribution in [-0.2, 0) is 33.6 Å². The Morgan fingerprint density at radius 2 is 0.976 bits per heavy atom. The molecule has 2 rings (SSSR count). The van der Waals surface area contributed by atoms with Crippen LogP contribution in [0.2, 0.25) is 0 Å². The number of nitrogens with zero attached hydrogens (tertiary/aromatic N) is 5. The van der Waals surface area contributed by atoms with Gasteiger partial charge in [0.25, 0.3) is 5.91 Å². The number of aliphatic hydroxyl groups excluding tert-OH is 1. The van der Waals surface area contributed by atoms with E-state index < -0.39 is 73.8 Å². The minimum atomic E-state index is -1.55. The van der Waals surface area contributed by atoms with Crippen LogP contribution in [0.15, 0.2) is 0 Å². The van der Waals surface area contributed by atoms with Gasteiger partial charge < -0.3 is 40.1 Å². The molecule has 0 aromatic carbocycles. The molecule has 1 atom stereocenters. The van der Waals surface area contributed by atoms with Gasteiger partial charge in [-0.05, 0) is 0 Å². The zero-order valence-electron chi connectivity index (χ0n) is 22.5. The summed E-state index contributed by atoms with van der Waals surface area (Å²) in [6.45, 7) is -1.62. The molecule has 2 N–H and O–H groups in total. The second kappa shape index (κ2) is 18.0. The SMILES string of the molecule is O=C([O-])CN1CCN(CC(=O)[O-])CCN(CC(=O)NC(CO)C(=O)N2C(=O)CCC2=O)CCN(CC(=O)[O-])CC1.[In+3]. The molecule has 4 amide bonds. The molecule has 0 radical (unpaired) electrons. The number of imide groups is 3. The number of carbonyl (C=O) groups excluding carboxylic acids is 7. The molecule has 0 aliphatic carbocycles. The monoisotopic (exact) mass is 684 g/mol. The van der Waals surface area contributed by atoms with E-state index in [0.29, 0.717) is 4.90 Å². The van der Waals surface area contributed by atoms with Crippen molar-refractivity contribution in [1.82, 2.24) is 29.8 Å². The number of carboxylic acid groups (broad SMARTS) is 3. The number of carboxylic acids is 3. The van der Waals surface area contributed by atoms with Crippen LogP contribution in [-0.4, -0.2) is 188 Å². The van der Waals surface area contributed by atoms with Crippen molar-refractivity contribution < 1.29 is 54.0 Å². The maximum Gasteiger partial charge on any atom is 3.00 e. The molecule has 2 saturated heterocycles. The van der Waals surface area contributed by atoms with Crippen LogP contribution in [0.1, 0.15) is 12.8 Å². The molecule has 1 unspecified atom stereocenters. The Hall–Kier alpha value is -2.64. The first kappa shape index (κ1) is 36.4. The Balaban J connectivity index is 0.00000840. The molecule has 0 bridgehead atoms. The fourth-order valence-corrected chi connectivity index (χ4v) is 4.37. The van der Waals surface area contributed by atoms with E-state index in [9.17, 15) is 54.0 Å². The topological polar surface area (TPSA) is 237 Å². The number of nitrogens with one attached hydrogen (secondary N) is 1. The normalized spacial score (nSPS) is 19.5. The molecule has 2 aliphatic rings. The maximum atomic E-state index is 12.8. The zero-order chi connectivity index (χ0) is 29.8. The summed E-state index contributed by atoms with van der Waals surface area (Å²) in [5.41, 5.74) is 0. The smallest absolute Gasteiger partial charge is 0.549 e. The predicted molar refractivity (Wildman–Crippen MR) is 132 cm³/mol. The molecule has 224 valence electrons. The van der Waals surface area contributed by atoms with E-state index in [-0.39, 0.29) is 97.6 Å². The zero-order valence-corrected chi connectivity index (χ0v) is 25.8. The fraction of sp³-hybridized carbons (Fsp3) is 0.696. The van der Waals surface area contributed by atoms with E-state index in [1.165, 1.54) is 14.7 Å². The summed E-state index contributed by atoms with van der Waals surface area (Å²) < 4.78 is 0. The quantitative estimate of drug-likeness (QED) is 0.192. The average molecular weight is 684 g/mol. The van der Waals surface area contributed by atoms with Gasteiger partial charge in [0, 0.05) is 84.8 Å². The average Bonchev–Trinajstić information content (AvgIpc) is 3.20. The Kier molecular flexibility index (Phi) is 16.0. The van der Waals surface area contributed by atoms with Crippen molar-refractivity contribution in [1.29, 1.82) is 0 Å². The summed E-state index contributed by atoms with van der Waals surface area (Å²) in [6.07, 6.45) is -0.305. The Bertz CT molecular complexity index is 936.